The molecule has 0 saturated heterocycles. The van der Waals surface area contributed by atoms with Crippen LogP contribution in [0.5, 0.6) is 0 Å². The van der Waals surface area contributed by atoms with Crippen LogP contribution in [0.15, 0.2) is 10.3 Å². The number of nitrogens with one attached hydrogen (secondary N) is 1. The van der Waals surface area contributed by atoms with Gasteiger partial charge in [0, 0.05) is 18.0 Å². The van der Waals surface area contributed by atoms with Gasteiger partial charge in [-0.1, -0.05) is 13.3 Å². The fourth-order valence-corrected chi connectivity index (χ4v) is 5.26. The van der Waals surface area contributed by atoms with Crippen molar-refractivity contribution in [2.75, 3.05) is 6.54 Å². The highest BCUT2D eigenvalue weighted by molar-refractivity contribution is 7.91. The highest BCUT2D eigenvalue weighted by atomic mass is 32.2. The monoisotopic (exact) mass is 302 g/mol. The lowest BCUT2D eigenvalue weighted by molar-refractivity contribution is 0.499. The summed E-state index contributed by atoms with van der Waals surface area (Å²) in [5, 5.41) is 0. The van der Waals surface area contributed by atoms with Gasteiger partial charge in [-0.25, -0.2) is 13.1 Å². The third kappa shape index (κ3) is 3.56. The zero-order valence-electron chi connectivity index (χ0n) is 11.5. The molecule has 0 bridgehead atoms. The van der Waals surface area contributed by atoms with Gasteiger partial charge in [-0.2, -0.15) is 0 Å². The lowest BCUT2D eigenvalue weighted by Gasteiger charge is -2.10. The number of rotatable bonds is 5. The Morgan fingerprint density at radius 3 is 2.74 bits per heavy atom. The van der Waals surface area contributed by atoms with Crippen LogP contribution in [0.4, 0.5) is 0 Å². The molecule has 6 heteroatoms. The van der Waals surface area contributed by atoms with Crippen LogP contribution in [0, 0.1) is 18.8 Å². The van der Waals surface area contributed by atoms with Gasteiger partial charge in [0.25, 0.3) is 0 Å². The van der Waals surface area contributed by atoms with Crippen LogP contribution in [-0.2, 0) is 16.6 Å². The number of aryl methyl sites for hydroxylation is 1. The van der Waals surface area contributed by atoms with Crippen molar-refractivity contribution in [3.8, 4) is 0 Å². The van der Waals surface area contributed by atoms with E-state index in [0.717, 1.165) is 29.2 Å². The fourth-order valence-electron chi connectivity index (χ4n) is 2.63. The molecule has 1 fully saturated rings. The predicted molar refractivity (Wildman–Crippen MR) is 78.6 cm³/mol. The van der Waals surface area contributed by atoms with Crippen molar-refractivity contribution in [2.24, 2.45) is 17.6 Å². The Morgan fingerprint density at radius 2 is 2.21 bits per heavy atom. The summed E-state index contributed by atoms with van der Waals surface area (Å²) >= 11 is 1.27. The van der Waals surface area contributed by atoms with E-state index in [1.165, 1.54) is 17.8 Å². The second-order valence-corrected chi connectivity index (χ2v) is 8.64. The lowest BCUT2D eigenvalue weighted by Crippen LogP contribution is -2.28. The molecule has 108 valence electrons. The minimum atomic E-state index is -3.36. The molecule has 1 aromatic rings. The molecule has 2 atom stereocenters. The minimum Gasteiger partial charge on any atom is -0.326 e. The Balaban J connectivity index is 2.01. The summed E-state index contributed by atoms with van der Waals surface area (Å²) in [6.45, 7) is 5.08. The van der Waals surface area contributed by atoms with E-state index in [4.69, 9.17) is 5.73 Å². The number of sulfonamides is 1. The van der Waals surface area contributed by atoms with Crippen molar-refractivity contribution in [3.63, 3.8) is 0 Å². The topological polar surface area (TPSA) is 72.2 Å². The number of thiophene rings is 1. The Hall–Kier alpha value is -0.430. The van der Waals surface area contributed by atoms with E-state index in [1.54, 1.807) is 6.07 Å². The molecule has 3 N–H and O–H groups in total. The van der Waals surface area contributed by atoms with Gasteiger partial charge in [0.05, 0.1) is 0 Å². The van der Waals surface area contributed by atoms with Gasteiger partial charge >= 0.3 is 0 Å². The average molecular weight is 302 g/mol. The van der Waals surface area contributed by atoms with Gasteiger partial charge < -0.3 is 5.73 Å². The molecular formula is C13H22N2O2S2. The molecule has 2 unspecified atom stereocenters. The first-order valence-electron chi connectivity index (χ1n) is 6.71. The Labute approximate surface area is 119 Å². The predicted octanol–water partition coefficient (Wildman–Crippen LogP) is 2.23. The molecule has 0 radical (unpaired) electrons. The maximum Gasteiger partial charge on any atom is 0.250 e. The van der Waals surface area contributed by atoms with Gasteiger partial charge in [0.15, 0.2) is 0 Å². The number of hydrogen-bond acceptors (Lipinski definition) is 4. The smallest absolute Gasteiger partial charge is 0.250 e. The zero-order valence-corrected chi connectivity index (χ0v) is 13.1. The number of hydrogen-bond donors (Lipinski definition) is 2. The fraction of sp³-hybridized carbons (Fsp3) is 0.692. The van der Waals surface area contributed by atoms with Crippen LogP contribution >= 0.6 is 11.3 Å². The van der Waals surface area contributed by atoms with Gasteiger partial charge in [-0.05, 0) is 43.2 Å². The molecule has 0 spiro atoms. The standard InChI is InChI=1S/C13H22N2O2S2/c1-9-3-4-11(5-9)8-15-19(16,17)13-6-10(2)12(7-14)18-13/h6,9,11,15H,3-5,7-8,14H2,1-2H3. The maximum atomic E-state index is 12.2. The van der Waals surface area contributed by atoms with Crippen LogP contribution in [0.2, 0.25) is 0 Å². The van der Waals surface area contributed by atoms with Crippen molar-refractivity contribution in [1.82, 2.24) is 4.72 Å². The molecule has 0 amide bonds. The molecular weight excluding hydrogens is 280 g/mol. The Morgan fingerprint density at radius 1 is 1.47 bits per heavy atom. The van der Waals surface area contributed by atoms with Crippen molar-refractivity contribution >= 4 is 21.4 Å². The third-order valence-corrected chi connectivity index (χ3v) is 6.97. The van der Waals surface area contributed by atoms with E-state index in [9.17, 15) is 8.42 Å². The van der Waals surface area contributed by atoms with Gasteiger partial charge in [-0.3, -0.25) is 0 Å². The minimum absolute atomic E-state index is 0.386. The van der Waals surface area contributed by atoms with Crippen LogP contribution in [0.1, 0.15) is 36.6 Å². The second-order valence-electron chi connectivity index (χ2n) is 5.51. The highest BCUT2D eigenvalue weighted by Gasteiger charge is 2.24. The summed E-state index contributed by atoms with van der Waals surface area (Å²) < 4.78 is 27.6. The van der Waals surface area contributed by atoms with Crippen LogP contribution in [0.3, 0.4) is 0 Å². The van der Waals surface area contributed by atoms with Crippen LogP contribution in [0.25, 0.3) is 0 Å². The Bertz CT molecular complexity index is 537. The summed E-state index contributed by atoms with van der Waals surface area (Å²) in [6.07, 6.45) is 3.46. The summed E-state index contributed by atoms with van der Waals surface area (Å²) in [4.78, 5) is 0.940. The van der Waals surface area contributed by atoms with Crippen molar-refractivity contribution in [1.29, 1.82) is 0 Å². The van der Waals surface area contributed by atoms with Gasteiger partial charge in [0.2, 0.25) is 10.0 Å². The van der Waals surface area contributed by atoms with E-state index in [0.29, 0.717) is 23.2 Å². The molecule has 1 heterocycles. The summed E-state index contributed by atoms with van der Waals surface area (Å²) in [6, 6.07) is 1.71. The van der Waals surface area contributed by atoms with E-state index in [2.05, 4.69) is 11.6 Å². The average Bonchev–Trinajstić information content (AvgIpc) is 2.93. The molecule has 19 heavy (non-hydrogen) atoms. The van der Waals surface area contributed by atoms with Crippen molar-refractivity contribution < 1.29 is 8.42 Å². The molecule has 4 nitrogen and oxygen atoms in total. The lowest BCUT2D eigenvalue weighted by atomic mass is 10.1. The molecule has 1 aliphatic rings. The van der Waals surface area contributed by atoms with Crippen LogP contribution in [-0.4, -0.2) is 15.0 Å². The Kier molecular flexibility index (Phi) is 4.66. The SMILES string of the molecule is Cc1cc(S(=O)(=O)NCC2CCC(C)C2)sc1CN. The van der Waals surface area contributed by atoms with E-state index in [-0.39, 0.29) is 0 Å². The summed E-state index contributed by atoms with van der Waals surface area (Å²) in [5.74, 6) is 1.21. The quantitative estimate of drug-likeness (QED) is 0.876. The zero-order chi connectivity index (χ0) is 14.0. The van der Waals surface area contributed by atoms with Crippen molar-refractivity contribution in [2.45, 2.75) is 43.9 Å². The first kappa shape index (κ1) is 15.0. The van der Waals surface area contributed by atoms with Crippen molar-refractivity contribution in [3.05, 3.63) is 16.5 Å². The van der Waals surface area contributed by atoms with E-state index in [1.807, 2.05) is 6.92 Å². The van der Waals surface area contributed by atoms with E-state index < -0.39 is 10.0 Å². The molecule has 1 aliphatic carbocycles. The second kappa shape index (κ2) is 5.91. The first-order valence-corrected chi connectivity index (χ1v) is 9.01. The third-order valence-electron chi connectivity index (χ3n) is 3.81. The molecule has 0 aliphatic heterocycles. The van der Waals surface area contributed by atoms with E-state index >= 15 is 0 Å². The molecule has 0 aromatic carbocycles. The molecule has 2 rings (SSSR count). The van der Waals surface area contributed by atoms with Crippen LogP contribution < -0.4 is 10.5 Å². The molecule has 1 aromatic heterocycles. The highest BCUT2D eigenvalue weighted by Crippen LogP contribution is 2.30. The first-order chi connectivity index (χ1) is 8.92. The van der Waals surface area contributed by atoms with Gasteiger partial charge in [0.1, 0.15) is 4.21 Å². The largest absolute Gasteiger partial charge is 0.326 e. The van der Waals surface area contributed by atoms with Gasteiger partial charge in [-0.15, -0.1) is 11.3 Å². The normalized spacial score (nSPS) is 23.9. The molecule has 1 saturated carbocycles. The number of nitrogens with two attached hydrogens (primary N) is 1. The summed E-state index contributed by atoms with van der Waals surface area (Å²) in [5.41, 5.74) is 6.55. The summed E-state index contributed by atoms with van der Waals surface area (Å²) in [7, 11) is -3.36. The maximum absolute atomic E-state index is 12.2.